The van der Waals surface area contributed by atoms with E-state index in [4.69, 9.17) is 6.48 Å². The monoisotopic (exact) mass is 165 g/mol. The summed E-state index contributed by atoms with van der Waals surface area (Å²) in [5.74, 6) is -2.52. The lowest BCUT2D eigenvalue weighted by molar-refractivity contribution is -0.141. The molecule has 0 heterocycles. The molecule has 1 atom stereocenters. The van der Waals surface area contributed by atoms with E-state index in [1.54, 1.807) is 0 Å². The molecule has 64 valence electrons. The SMILES string of the molecule is [2H]C(C)(Cc1ccccc1)C(=O)O. The quantitative estimate of drug-likeness (QED) is 0.743. The van der Waals surface area contributed by atoms with Gasteiger partial charge in [0, 0.05) is 1.37 Å². The smallest absolute Gasteiger partial charge is 0.306 e. The van der Waals surface area contributed by atoms with Crippen LogP contribution in [0.15, 0.2) is 30.3 Å². The standard InChI is InChI=1S/C10H12O2/c1-8(10(11)12)7-9-5-3-2-4-6-9/h2-6,8H,7H2,1H3,(H,11,12)/i8D. The zero-order chi connectivity index (χ0) is 9.90. The van der Waals surface area contributed by atoms with Gasteiger partial charge in [-0.25, -0.2) is 0 Å². The first-order valence-electron chi connectivity index (χ1n) is 4.30. The fourth-order valence-corrected chi connectivity index (χ4v) is 0.978. The molecule has 2 nitrogen and oxygen atoms in total. The first-order valence-corrected chi connectivity index (χ1v) is 3.80. The molecule has 0 aromatic heterocycles. The first kappa shape index (κ1) is 7.35. The van der Waals surface area contributed by atoms with E-state index >= 15 is 0 Å². The van der Waals surface area contributed by atoms with Crippen LogP contribution in [0.3, 0.4) is 0 Å². The first-order chi connectivity index (χ1) is 6.02. The zero-order valence-electron chi connectivity index (χ0n) is 7.95. The number of hydrogen-bond acceptors (Lipinski definition) is 1. The second kappa shape index (κ2) is 3.90. The van der Waals surface area contributed by atoms with Gasteiger partial charge in [0.05, 0.1) is 5.89 Å². The van der Waals surface area contributed by atoms with Crippen LogP contribution in [0.5, 0.6) is 0 Å². The summed E-state index contributed by atoms with van der Waals surface area (Å²) in [5, 5.41) is 8.72. The summed E-state index contributed by atoms with van der Waals surface area (Å²) in [6.45, 7) is 1.41. The van der Waals surface area contributed by atoms with Crippen LogP contribution in [0.25, 0.3) is 0 Å². The van der Waals surface area contributed by atoms with Gasteiger partial charge >= 0.3 is 5.97 Å². The van der Waals surface area contributed by atoms with Crippen LogP contribution in [0, 0.1) is 5.89 Å². The summed E-state index contributed by atoms with van der Waals surface area (Å²) < 4.78 is 7.52. The van der Waals surface area contributed by atoms with Crippen molar-refractivity contribution in [1.29, 1.82) is 0 Å². The average molecular weight is 165 g/mol. The molecule has 1 aromatic carbocycles. The Morgan fingerprint density at radius 3 is 2.67 bits per heavy atom. The van der Waals surface area contributed by atoms with Gasteiger partial charge in [-0.15, -0.1) is 0 Å². The lowest BCUT2D eigenvalue weighted by Crippen LogP contribution is -2.11. The molecule has 0 saturated carbocycles. The zero-order valence-corrected chi connectivity index (χ0v) is 6.95. The third kappa shape index (κ3) is 2.38. The number of carboxylic acids is 1. The number of carbonyl (C=O) groups is 1. The maximum Gasteiger partial charge on any atom is 0.306 e. The summed E-state index contributed by atoms with van der Waals surface area (Å²) in [6.07, 6.45) is 0.239. The highest BCUT2D eigenvalue weighted by molar-refractivity contribution is 5.69. The van der Waals surface area contributed by atoms with Crippen molar-refractivity contribution < 1.29 is 11.3 Å². The molecule has 0 fully saturated rings. The third-order valence-electron chi connectivity index (χ3n) is 1.68. The molecular weight excluding hydrogens is 152 g/mol. The molecule has 1 unspecified atom stereocenters. The van der Waals surface area contributed by atoms with Crippen LogP contribution in [-0.2, 0) is 11.2 Å². The summed E-state index contributed by atoms with van der Waals surface area (Å²) in [4.78, 5) is 10.6. The van der Waals surface area contributed by atoms with Crippen molar-refractivity contribution in [3.05, 3.63) is 35.9 Å². The van der Waals surface area contributed by atoms with E-state index < -0.39 is 11.9 Å². The molecule has 0 aliphatic rings. The minimum Gasteiger partial charge on any atom is -0.481 e. The predicted octanol–water partition coefficient (Wildman–Crippen LogP) is 1.95. The van der Waals surface area contributed by atoms with Crippen molar-refractivity contribution in [2.24, 2.45) is 5.89 Å². The Balaban J connectivity index is 2.75. The van der Waals surface area contributed by atoms with Crippen LogP contribution in [0.2, 0.25) is 0 Å². The molecule has 0 saturated heterocycles. The van der Waals surface area contributed by atoms with Crippen molar-refractivity contribution >= 4 is 5.97 Å². The number of rotatable bonds is 3. The second-order valence-electron chi connectivity index (χ2n) is 2.75. The van der Waals surface area contributed by atoms with E-state index in [0.29, 0.717) is 0 Å². The van der Waals surface area contributed by atoms with Gasteiger partial charge in [-0.2, -0.15) is 0 Å². The van der Waals surface area contributed by atoms with E-state index in [2.05, 4.69) is 0 Å². The number of carboxylic acid groups (broad SMARTS) is 1. The van der Waals surface area contributed by atoms with Crippen LogP contribution >= 0.6 is 0 Å². The molecule has 0 aliphatic heterocycles. The Hall–Kier alpha value is -1.31. The van der Waals surface area contributed by atoms with Crippen molar-refractivity contribution in [1.82, 2.24) is 0 Å². The van der Waals surface area contributed by atoms with Crippen molar-refractivity contribution in [2.45, 2.75) is 13.3 Å². The molecule has 1 aromatic rings. The molecule has 0 radical (unpaired) electrons. The van der Waals surface area contributed by atoms with Crippen LogP contribution in [0.4, 0.5) is 0 Å². The second-order valence-corrected chi connectivity index (χ2v) is 2.75. The van der Waals surface area contributed by atoms with E-state index in [0.717, 1.165) is 5.56 Å². The Kier molecular flexibility index (Phi) is 2.39. The topological polar surface area (TPSA) is 37.3 Å². The third-order valence-corrected chi connectivity index (χ3v) is 1.68. The van der Waals surface area contributed by atoms with Gasteiger partial charge in [-0.1, -0.05) is 37.3 Å². The molecular formula is C10H12O2. The highest BCUT2D eigenvalue weighted by Crippen LogP contribution is 2.07. The van der Waals surface area contributed by atoms with E-state index in [9.17, 15) is 4.79 Å². The fourth-order valence-electron chi connectivity index (χ4n) is 0.978. The van der Waals surface area contributed by atoms with Gasteiger partial charge in [0.25, 0.3) is 0 Å². The van der Waals surface area contributed by atoms with Gasteiger partial charge in [0.15, 0.2) is 0 Å². The molecule has 0 bridgehead atoms. The average Bonchev–Trinajstić information content (AvgIpc) is 2.05. The molecule has 1 rings (SSSR count). The van der Waals surface area contributed by atoms with Crippen LogP contribution < -0.4 is 0 Å². The Morgan fingerprint density at radius 2 is 2.17 bits per heavy atom. The minimum atomic E-state index is -1.43. The molecule has 12 heavy (non-hydrogen) atoms. The largest absolute Gasteiger partial charge is 0.481 e. The summed E-state index contributed by atoms with van der Waals surface area (Å²) >= 11 is 0. The van der Waals surface area contributed by atoms with E-state index in [1.165, 1.54) is 6.92 Å². The maximum absolute atomic E-state index is 10.6. The summed E-state index contributed by atoms with van der Waals surface area (Å²) in [6, 6.07) is 9.21. The van der Waals surface area contributed by atoms with Gasteiger partial charge in [0.2, 0.25) is 0 Å². The van der Waals surface area contributed by atoms with Crippen molar-refractivity contribution in [2.75, 3.05) is 0 Å². The normalized spacial score (nSPS) is 16.2. The number of hydrogen-bond donors (Lipinski definition) is 1. The number of aliphatic carboxylic acids is 1. The lowest BCUT2D eigenvalue weighted by atomic mass is 10.0. The van der Waals surface area contributed by atoms with E-state index in [1.807, 2.05) is 30.3 Å². The Labute approximate surface area is 73.3 Å². The Morgan fingerprint density at radius 1 is 1.58 bits per heavy atom. The molecule has 0 aliphatic carbocycles. The van der Waals surface area contributed by atoms with Gasteiger partial charge < -0.3 is 5.11 Å². The summed E-state index contributed by atoms with van der Waals surface area (Å²) in [7, 11) is 0. The van der Waals surface area contributed by atoms with Gasteiger partial charge in [-0.3, -0.25) is 4.79 Å². The lowest BCUT2D eigenvalue weighted by Gasteiger charge is -2.04. The molecule has 0 amide bonds. The number of benzene rings is 1. The van der Waals surface area contributed by atoms with Crippen molar-refractivity contribution in [3.8, 4) is 0 Å². The molecule has 0 spiro atoms. The van der Waals surface area contributed by atoms with E-state index in [-0.39, 0.29) is 6.42 Å². The highest BCUT2D eigenvalue weighted by Gasteiger charge is 2.10. The van der Waals surface area contributed by atoms with Gasteiger partial charge in [-0.05, 0) is 12.0 Å². The predicted molar refractivity (Wildman–Crippen MR) is 46.9 cm³/mol. The van der Waals surface area contributed by atoms with Crippen LogP contribution in [0.1, 0.15) is 13.9 Å². The Bertz CT molecular complexity index is 293. The highest BCUT2D eigenvalue weighted by atomic mass is 16.4. The summed E-state index contributed by atoms with van der Waals surface area (Å²) in [5.41, 5.74) is 0.877. The molecule has 1 N–H and O–H groups in total. The van der Waals surface area contributed by atoms with Gasteiger partial charge in [0.1, 0.15) is 0 Å². The maximum atomic E-state index is 10.6. The fraction of sp³-hybridized carbons (Fsp3) is 0.300. The minimum absolute atomic E-state index is 0.239. The van der Waals surface area contributed by atoms with Crippen LogP contribution in [-0.4, -0.2) is 11.1 Å². The van der Waals surface area contributed by atoms with Crippen molar-refractivity contribution in [3.63, 3.8) is 0 Å². The molecule has 2 heteroatoms.